The van der Waals surface area contributed by atoms with E-state index in [2.05, 4.69) is 33.3 Å². The van der Waals surface area contributed by atoms with Crippen molar-refractivity contribution in [3.63, 3.8) is 0 Å². The van der Waals surface area contributed by atoms with E-state index < -0.39 is 0 Å². The van der Waals surface area contributed by atoms with Crippen LogP contribution in [0.4, 0.5) is 4.39 Å². The van der Waals surface area contributed by atoms with E-state index in [1.165, 1.54) is 6.07 Å². The van der Waals surface area contributed by atoms with E-state index in [1.807, 2.05) is 19.4 Å². The molecular formula is C15H19BrFN3. The third-order valence-electron chi connectivity index (χ3n) is 3.20. The molecule has 0 aliphatic rings. The Balaban J connectivity index is 2.21. The molecule has 0 aliphatic heterocycles. The second-order valence-electron chi connectivity index (χ2n) is 4.89. The first-order valence-corrected chi connectivity index (χ1v) is 7.55. The largest absolute Gasteiger partial charge is 0.310 e. The van der Waals surface area contributed by atoms with Crippen LogP contribution in [0.25, 0.3) is 0 Å². The first kappa shape index (κ1) is 15.2. The van der Waals surface area contributed by atoms with Gasteiger partial charge in [0.1, 0.15) is 5.82 Å². The van der Waals surface area contributed by atoms with Crippen LogP contribution in [0.15, 0.2) is 35.1 Å². The van der Waals surface area contributed by atoms with Gasteiger partial charge in [0.2, 0.25) is 0 Å². The van der Waals surface area contributed by atoms with Crippen molar-refractivity contribution in [1.82, 2.24) is 15.1 Å². The summed E-state index contributed by atoms with van der Waals surface area (Å²) in [5.41, 5.74) is 2.08. The lowest BCUT2D eigenvalue weighted by Gasteiger charge is -2.18. The number of benzene rings is 1. The number of hydrogen-bond acceptors (Lipinski definition) is 2. The molecule has 3 nitrogen and oxygen atoms in total. The highest BCUT2D eigenvalue weighted by molar-refractivity contribution is 9.10. The maximum Gasteiger partial charge on any atom is 0.123 e. The molecule has 1 aromatic heterocycles. The summed E-state index contributed by atoms with van der Waals surface area (Å²) in [5.74, 6) is -0.205. The van der Waals surface area contributed by atoms with Crippen LogP contribution in [0.1, 0.15) is 30.5 Å². The Morgan fingerprint density at radius 2 is 2.25 bits per heavy atom. The normalized spacial score (nSPS) is 12.6. The average Bonchev–Trinajstić information content (AvgIpc) is 2.85. The standard InChI is InChI=1S/C15H19BrFN3/c1-3-6-18-15(12-9-19-20(2)10-12)8-11-7-13(17)4-5-14(11)16/h4-5,7,9-10,15,18H,3,6,8H2,1-2H3. The van der Waals surface area contributed by atoms with Crippen molar-refractivity contribution >= 4 is 15.9 Å². The molecular weight excluding hydrogens is 321 g/mol. The van der Waals surface area contributed by atoms with Gasteiger partial charge in [-0.2, -0.15) is 5.10 Å². The minimum Gasteiger partial charge on any atom is -0.310 e. The summed E-state index contributed by atoms with van der Waals surface area (Å²) in [6, 6.07) is 4.94. The fraction of sp³-hybridized carbons (Fsp3) is 0.400. The third-order valence-corrected chi connectivity index (χ3v) is 3.97. The lowest BCUT2D eigenvalue weighted by Crippen LogP contribution is -2.24. The lowest BCUT2D eigenvalue weighted by molar-refractivity contribution is 0.526. The Morgan fingerprint density at radius 3 is 2.90 bits per heavy atom. The summed E-state index contributed by atoms with van der Waals surface area (Å²) < 4.78 is 16.1. The monoisotopic (exact) mass is 339 g/mol. The van der Waals surface area contributed by atoms with Crippen molar-refractivity contribution in [2.75, 3.05) is 6.54 Å². The number of aromatic nitrogens is 2. The molecule has 5 heteroatoms. The molecule has 0 fully saturated rings. The van der Waals surface area contributed by atoms with Crippen LogP contribution >= 0.6 is 15.9 Å². The number of rotatable bonds is 6. The highest BCUT2D eigenvalue weighted by Crippen LogP contribution is 2.24. The van der Waals surface area contributed by atoms with Gasteiger partial charge in [-0.1, -0.05) is 22.9 Å². The summed E-state index contributed by atoms with van der Waals surface area (Å²) in [5, 5.41) is 7.72. The summed E-state index contributed by atoms with van der Waals surface area (Å²) >= 11 is 3.49. The molecule has 0 amide bonds. The van der Waals surface area contributed by atoms with Crippen molar-refractivity contribution < 1.29 is 4.39 Å². The van der Waals surface area contributed by atoms with Gasteiger partial charge in [-0.25, -0.2) is 4.39 Å². The lowest BCUT2D eigenvalue weighted by atomic mass is 10.0. The topological polar surface area (TPSA) is 29.9 Å². The average molecular weight is 340 g/mol. The minimum absolute atomic E-state index is 0.141. The summed E-state index contributed by atoms with van der Waals surface area (Å²) in [6.07, 6.45) is 5.65. The summed E-state index contributed by atoms with van der Waals surface area (Å²) in [6.45, 7) is 3.05. The molecule has 0 bridgehead atoms. The van der Waals surface area contributed by atoms with E-state index in [-0.39, 0.29) is 11.9 Å². The van der Waals surface area contributed by atoms with Crippen molar-refractivity contribution in [1.29, 1.82) is 0 Å². The molecule has 2 rings (SSSR count). The quantitative estimate of drug-likeness (QED) is 0.871. The second-order valence-corrected chi connectivity index (χ2v) is 5.75. The molecule has 1 unspecified atom stereocenters. The van der Waals surface area contributed by atoms with Crippen LogP contribution in [-0.4, -0.2) is 16.3 Å². The Labute approximate surface area is 127 Å². The molecule has 0 saturated carbocycles. The molecule has 1 aromatic carbocycles. The first-order valence-electron chi connectivity index (χ1n) is 6.76. The van der Waals surface area contributed by atoms with Crippen molar-refractivity contribution in [3.05, 3.63) is 52.0 Å². The first-order chi connectivity index (χ1) is 9.60. The molecule has 20 heavy (non-hydrogen) atoms. The second kappa shape index (κ2) is 6.99. The van der Waals surface area contributed by atoms with E-state index >= 15 is 0 Å². The van der Waals surface area contributed by atoms with Crippen LogP contribution in [-0.2, 0) is 13.5 Å². The minimum atomic E-state index is -0.205. The van der Waals surface area contributed by atoms with Gasteiger partial charge >= 0.3 is 0 Å². The highest BCUT2D eigenvalue weighted by atomic mass is 79.9. The molecule has 1 atom stereocenters. The number of halogens is 2. The van der Waals surface area contributed by atoms with Crippen LogP contribution in [0.2, 0.25) is 0 Å². The third kappa shape index (κ3) is 3.90. The molecule has 0 radical (unpaired) electrons. The fourth-order valence-electron chi connectivity index (χ4n) is 2.17. The fourth-order valence-corrected chi connectivity index (χ4v) is 2.57. The Hall–Kier alpha value is -1.20. The van der Waals surface area contributed by atoms with Gasteiger partial charge in [-0.15, -0.1) is 0 Å². The van der Waals surface area contributed by atoms with Crippen LogP contribution in [0.3, 0.4) is 0 Å². The van der Waals surface area contributed by atoms with Gasteiger partial charge in [-0.3, -0.25) is 4.68 Å². The SMILES string of the molecule is CCCNC(Cc1cc(F)ccc1Br)c1cnn(C)c1. The zero-order valence-electron chi connectivity index (χ0n) is 11.7. The predicted octanol–water partition coefficient (Wildman–Crippen LogP) is 3.61. The molecule has 108 valence electrons. The van der Waals surface area contributed by atoms with Crippen molar-refractivity contribution in [2.45, 2.75) is 25.8 Å². The molecule has 0 saturated heterocycles. The van der Waals surface area contributed by atoms with Crippen molar-refractivity contribution in [3.8, 4) is 0 Å². The maximum atomic E-state index is 13.4. The summed E-state index contributed by atoms with van der Waals surface area (Å²) in [4.78, 5) is 0. The number of nitrogens with one attached hydrogen (secondary N) is 1. The number of nitrogens with zero attached hydrogens (tertiary/aromatic N) is 2. The Bertz CT molecular complexity index is 568. The van der Waals surface area contributed by atoms with Gasteiger partial charge in [0, 0.05) is 29.3 Å². The molecule has 1 N–H and O–H groups in total. The highest BCUT2D eigenvalue weighted by Gasteiger charge is 2.15. The van der Waals surface area contributed by atoms with E-state index in [1.54, 1.807) is 16.8 Å². The summed E-state index contributed by atoms with van der Waals surface area (Å²) in [7, 11) is 1.90. The van der Waals surface area contributed by atoms with Crippen LogP contribution < -0.4 is 5.32 Å². The molecule has 0 spiro atoms. The van der Waals surface area contributed by atoms with E-state index in [0.717, 1.165) is 35.0 Å². The van der Waals surface area contributed by atoms with Gasteiger partial charge in [0.25, 0.3) is 0 Å². The van der Waals surface area contributed by atoms with Crippen LogP contribution in [0.5, 0.6) is 0 Å². The Kier molecular flexibility index (Phi) is 5.31. The van der Waals surface area contributed by atoms with E-state index in [9.17, 15) is 4.39 Å². The zero-order valence-corrected chi connectivity index (χ0v) is 13.3. The zero-order chi connectivity index (χ0) is 14.5. The molecule has 0 aliphatic carbocycles. The molecule has 2 aromatic rings. The number of hydrogen-bond donors (Lipinski definition) is 1. The van der Waals surface area contributed by atoms with Gasteiger partial charge in [-0.05, 0) is 43.1 Å². The van der Waals surface area contributed by atoms with Gasteiger partial charge in [0.15, 0.2) is 0 Å². The van der Waals surface area contributed by atoms with Gasteiger partial charge in [0.05, 0.1) is 6.20 Å². The smallest absolute Gasteiger partial charge is 0.123 e. The maximum absolute atomic E-state index is 13.4. The predicted molar refractivity (Wildman–Crippen MR) is 82.0 cm³/mol. The Morgan fingerprint density at radius 1 is 1.45 bits per heavy atom. The van der Waals surface area contributed by atoms with E-state index in [4.69, 9.17) is 0 Å². The van der Waals surface area contributed by atoms with Crippen LogP contribution in [0, 0.1) is 5.82 Å². The van der Waals surface area contributed by atoms with E-state index in [0.29, 0.717) is 0 Å². The van der Waals surface area contributed by atoms with Gasteiger partial charge < -0.3 is 5.32 Å². The number of aryl methyl sites for hydroxylation is 1. The van der Waals surface area contributed by atoms with Crippen molar-refractivity contribution in [2.24, 2.45) is 7.05 Å². The molecule has 1 heterocycles.